The van der Waals surface area contributed by atoms with Crippen LogP contribution in [0.1, 0.15) is 22.3 Å². The van der Waals surface area contributed by atoms with Gasteiger partial charge in [-0.25, -0.2) is 9.97 Å². The molecule has 0 amide bonds. The van der Waals surface area contributed by atoms with Gasteiger partial charge in [-0.15, -0.1) is 0 Å². The zero-order valence-electron chi connectivity index (χ0n) is 22.7. The molecule has 1 spiro atoms. The number of aromatic nitrogens is 2. The van der Waals surface area contributed by atoms with E-state index in [0.717, 1.165) is 56.2 Å². The molecular formula is C39H24N2O. The van der Waals surface area contributed by atoms with Crippen LogP contribution in [0.3, 0.4) is 0 Å². The predicted molar refractivity (Wildman–Crippen MR) is 168 cm³/mol. The maximum atomic E-state index is 6.54. The third-order valence-electron chi connectivity index (χ3n) is 8.75. The second kappa shape index (κ2) is 8.73. The fraction of sp³-hybridized carbons (Fsp3) is 0.0256. The van der Waals surface area contributed by atoms with E-state index >= 15 is 0 Å². The summed E-state index contributed by atoms with van der Waals surface area (Å²) >= 11 is 0. The Morgan fingerprint density at radius 2 is 1.05 bits per heavy atom. The molecule has 0 saturated heterocycles. The van der Waals surface area contributed by atoms with Crippen LogP contribution < -0.4 is 4.74 Å². The average Bonchev–Trinajstić information content (AvgIpc) is 3.36. The Morgan fingerprint density at radius 3 is 1.83 bits per heavy atom. The van der Waals surface area contributed by atoms with Gasteiger partial charge in [-0.3, -0.25) is 0 Å². The molecule has 0 saturated carbocycles. The molecule has 3 nitrogen and oxygen atoms in total. The lowest BCUT2D eigenvalue weighted by molar-refractivity contribution is 0.436. The van der Waals surface area contributed by atoms with E-state index in [-0.39, 0.29) is 0 Å². The van der Waals surface area contributed by atoms with Crippen LogP contribution in [0.5, 0.6) is 11.5 Å². The summed E-state index contributed by atoms with van der Waals surface area (Å²) in [6.07, 6.45) is 0. The first kappa shape index (κ1) is 23.2. The van der Waals surface area contributed by atoms with Gasteiger partial charge < -0.3 is 4.74 Å². The second-order valence-electron chi connectivity index (χ2n) is 10.9. The number of rotatable bonds is 2. The number of para-hydroxylation sites is 3. The van der Waals surface area contributed by atoms with Gasteiger partial charge >= 0.3 is 0 Å². The van der Waals surface area contributed by atoms with Crippen molar-refractivity contribution in [2.45, 2.75) is 5.41 Å². The van der Waals surface area contributed by atoms with Crippen molar-refractivity contribution in [3.05, 3.63) is 168 Å². The van der Waals surface area contributed by atoms with Crippen LogP contribution in [0.25, 0.3) is 44.7 Å². The van der Waals surface area contributed by atoms with E-state index in [1.807, 2.05) is 24.3 Å². The van der Waals surface area contributed by atoms with Gasteiger partial charge in [0.05, 0.1) is 16.6 Å². The number of benzene rings is 6. The van der Waals surface area contributed by atoms with Crippen LogP contribution in [0.15, 0.2) is 146 Å². The molecule has 1 aliphatic heterocycles. The highest BCUT2D eigenvalue weighted by molar-refractivity contribution is 5.96. The molecule has 0 fully saturated rings. The van der Waals surface area contributed by atoms with E-state index in [9.17, 15) is 0 Å². The molecule has 42 heavy (non-hydrogen) atoms. The number of hydrogen-bond donors (Lipinski definition) is 0. The van der Waals surface area contributed by atoms with Gasteiger partial charge in [-0.1, -0.05) is 127 Å². The third-order valence-corrected chi connectivity index (χ3v) is 8.75. The van der Waals surface area contributed by atoms with Crippen molar-refractivity contribution in [1.29, 1.82) is 0 Å². The Morgan fingerprint density at radius 1 is 0.452 bits per heavy atom. The highest BCUT2D eigenvalue weighted by atomic mass is 16.5. The van der Waals surface area contributed by atoms with Crippen LogP contribution in [0.4, 0.5) is 0 Å². The highest BCUT2D eigenvalue weighted by Gasteiger charge is 2.52. The van der Waals surface area contributed by atoms with Gasteiger partial charge in [-0.05, 0) is 40.5 Å². The molecule has 0 atom stereocenters. The Labute approximate surface area is 243 Å². The first-order valence-electron chi connectivity index (χ1n) is 14.3. The van der Waals surface area contributed by atoms with Crippen LogP contribution in [0.2, 0.25) is 0 Å². The average molecular weight is 537 g/mol. The summed E-state index contributed by atoms with van der Waals surface area (Å²) in [5, 5.41) is 1.04. The normalized spacial score (nSPS) is 13.6. The van der Waals surface area contributed by atoms with E-state index in [2.05, 4.69) is 121 Å². The summed E-state index contributed by atoms with van der Waals surface area (Å²) in [5.74, 6) is 2.47. The van der Waals surface area contributed by atoms with E-state index < -0.39 is 5.41 Å². The largest absolute Gasteiger partial charge is 0.457 e. The smallest absolute Gasteiger partial charge is 0.160 e. The lowest BCUT2D eigenvalue weighted by atomic mass is 9.65. The fourth-order valence-corrected chi connectivity index (χ4v) is 7.11. The summed E-state index contributed by atoms with van der Waals surface area (Å²) in [7, 11) is 0. The lowest BCUT2D eigenvalue weighted by Crippen LogP contribution is -2.32. The summed E-state index contributed by atoms with van der Waals surface area (Å²) in [4.78, 5) is 10.5. The Hall–Kier alpha value is -5.54. The second-order valence-corrected chi connectivity index (χ2v) is 10.9. The Balaban J connectivity index is 1.43. The van der Waals surface area contributed by atoms with Crippen LogP contribution in [0, 0.1) is 0 Å². The van der Waals surface area contributed by atoms with Crippen LogP contribution in [-0.4, -0.2) is 9.97 Å². The van der Waals surface area contributed by atoms with Crippen molar-refractivity contribution >= 4 is 10.9 Å². The molecule has 2 aliphatic rings. The fourth-order valence-electron chi connectivity index (χ4n) is 7.11. The van der Waals surface area contributed by atoms with Crippen molar-refractivity contribution in [1.82, 2.24) is 9.97 Å². The van der Waals surface area contributed by atoms with Gasteiger partial charge in [-0.2, -0.15) is 0 Å². The number of ether oxygens (including phenoxy) is 1. The number of hydrogen-bond acceptors (Lipinski definition) is 3. The summed E-state index contributed by atoms with van der Waals surface area (Å²) in [5.41, 5.74) is 10.5. The SMILES string of the molecule is c1ccc(-c2nc(-c3cccc4c3C3(c5ccccc5Oc5ccccc53)c3ccccc3-4)nc3ccccc23)cc1. The molecule has 0 unspecified atom stereocenters. The van der Waals surface area contributed by atoms with E-state index in [1.54, 1.807) is 0 Å². The molecule has 0 bridgehead atoms. The molecule has 0 radical (unpaired) electrons. The summed E-state index contributed by atoms with van der Waals surface area (Å²) in [6, 6.07) is 51.0. The highest BCUT2D eigenvalue weighted by Crippen LogP contribution is 2.63. The van der Waals surface area contributed by atoms with E-state index in [0.29, 0.717) is 0 Å². The summed E-state index contributed by atoms with van der Waals surface area (Å²) in [6.45, 7) is 0. The van der Waals surface area contributed by atoms with Crippen molar-refractivity contribution < 1.29 is 4.74 Å². The molecule has 6 aromatic carbocycles. The van der Waals surface area contributed by atoms with Gasteiger partial charge in [0.25, 0.3) is 0 Å². The molecule has 3 heteroatoms. The molecule has 2 heterocycles. The quantitative estimate of drug-likeness (QED) is 0.221. The molecule has 9 rings (SSSR count). The maximum absolute atomic E-state index is 6.54. The molecule has 1 aliphatic carbocycles. The predicted octanol–water partition coefficient (Wildman–Crippen LogP) is 9.43. The van der Waals surface area contributed by atoms with E-state index in [1.165, 1.54) is 22.3 Å². The van der Waals surface area contributed by atoms with Gasteiger partial charge in [0.2, 0.25) is 0 Å². The minimum absolute atomic E-state index is 0.587. The van der Waals surface area contributed by atoms with Crippen molar-refractivity contribution in [3.63, 3.8) is 0 Å². The molecule has 0 N–H and O–H groups in total. The number of fused-ring (bicyclic) bond motifs is 10. The Bertz CT molecular complexity index is 2140. The van der Waals surface area contributed by atoms with Gasteiger partial charge in [0.1, 0.15) is 11.5 Å². The molecular weight excluding hydrogens is 512 g/mol. The molecule has 7 aromatic rings. The standard InChI is InChI=1S/C39H24N2O/c1-2-13-25(14-3-1)37-28-16-5-9-22-33(28)40-38(41-37)29-18-12-17-27-26-15-4-6-19-30(26)39(36(27)29)31-20-7-10-23-34(31)42-35-24-11-8-21-32(35)39/h1-24H. The van der Waals surface area contributed by atoms with Crippen molar-refractivity contribution in [2.24, 2.45) is 0 Å². The first-order valence-corrected chi connectivity index (χ1v) is 14.3. The van der Waals surface area contributed by atoms with Crippen LogP contribution in [-0.2, 0) is 5.41 Å². The summed E-state index contributed by atoms with van der Waals surface area (Å²) < 4.78 is 6.54. The maximum Gasteiger partial charge on any atom is 0.160 e. The minimum Gasteiger partial charge on any atom is -0.457 e. The Kier molecular flexibility index (Phi) is 4.82. The number of nitrogens with zero attached hydrogens (tertiary/aromatic N) is 2. The lowest BCUT2D eigenvalue weighted by Gasteiger charge is -2.40. The van der Waals surface area contributed by atoms with Gasteiger partial charge in [0.15, 0.2) is 5.82 Å². The zero-order valence-corrected chi connectivity index (χ0v) is 22.7. The topological polar surface area (TPSA) is 35.0 Å². The minimum atomic E-state index is -0.587. The zero-order chi connectivity index (χ0) is 27.7. The van der Waals surface area contributed by atoms with Crippen molar-refractivity contribution in [2.75, 3.05) is 0 Å². The molecule has 1 aromatic heterocycles. The van der Waals surface area contributed by atoms with Gasteiger partial charge in [0, 0.05) is 27.6 Å². The monoisotopic (exact) mass is 536 g/mol. The molecule has 196 valence electrons. The van der Waals surface area contributed by atoms with Crippen molar-refractivity contribution in [3.8, 4) is 45.3 Å². The third kappa shape index (κ3) is 3.05. The van der Waals surface area contributed by atoms with E-state index in [4.69, 9.17) is 14.7 Å². The van der Waals surface area contributed by atoms with Crippen LogP contribution >= 0.6 is 0 Å². The first-order chi connectivity index (χ1) is 20.8.